The first kappa shape index (κ1) is 19.9. The molecule has 3 rings (SSSR count). The lowest BCUT2D eigenvalue weighted by molar-refractivity contribution is 0.0363. The monoisotopic (exact) mass is 383 g/mol. The van der Waals surface area contributed by atoms with Crippen LogP contribution in [0.2, 0.25) is 0 Å². The Bertz CT molecular complexity index is 980. The highest BCUT2D eigenvalue weighted by molar-refractivity contribution is 5.76. The summed E-state index contributed by atoms with van der Waals surface area (Å²) in [6.45, 7) is 5.43. The number of amides is 1. The molecule has 0 saturated carbocycles. The molecule has 0 bridgehead atoms. The molecule has 144 valence electrons. The van der Waals surface area contributed by atoms with Crippen molar-refractivity contribution in [3.8, 4) is 23.7 Å². The van der Waals surface area contributed by atoms with Crippen molar-refractivity contribution in [2.45, 2.75) is 26.4 Å². The van der Waals surface area contributed by atoms with Crippen LogP contribution in [0.3, 0.4) is 0 Å². The van der Waals surface area contributed by atoms with E-state index in [0.29, 0.717) is 11.4 Å². The van der Waals surface area contributed by atoms with Crippen LogP contribution in [0.25, 0.3) is 0 Å². The Labute approximate surface area is 171 Å². The molecule has 0 radical (unpaired) electrons. The maximum absolute atomic E-state index is 12.9. The molecular weight excluding hydrogens is 362 g/mol. The van der Waals surface area contributed by atoms with Crippen LogP contribution in [0, 0.1) is 23.7 Å². The Kier molecular flexibility index (Phi) is 6.07. The van der Waals surface area contributed by atoms with Gasteiger partial charge in [-0.3, -0.25) is 0 Å². The van der Waals surface area contributed by atoms with Gasteiger partial charge in [-0.1, -0.05) is 48.2 Å². The molecule has 2 aromatic rings. The zero-order chi connectivity index (χ0) is 20.7. The van der Waals surface area contributed by atoms with Gasteiger partial charge in [0.15, 0.2) is 0 Å². The van der Waals surface area contributed by atoms with E-state index in [9.17, 15) is 4.79 Å². The van der Waals surface area contributed by atoms with Crippen LogP contribution in [-0.4, -0.2) is 16.6 Å². The first-order valence-corrected chi connectivity index (χ1v) is 9.15. The number of rotatable bonds is 0. The van der Waals surface area contributed by atoms with Gasteiger partial charge >= 0.3 is 6.09 Å². The molecule has 1 heterocycles. The second-order valence-electron chi connectivity index (χ2n) is 7.19. The molecule has 0 aromatic heterocycles. The quantitative estimate of drug-likeness (QED) is 0.598. The van der Waals surface area contributed by atoms with E-state index < -0.39 is 11.7 Å². The maximum Gasteiger partial charge on any atom is 0.420 e. The van der Waals surface area contributed by atoms with Crippen molar-refractivity contribution in [3.05, 3.63) is 95.7 Å². The van der Waals surface area contributed by atoms with Gasteiger partial charge < -0.3 is 9.47 Å². The zero-order valence-electron chi connectivity index (χ0n) is 16.6. The summed E-state index contributed by atoms with van der Waals surface area (Å²) in [5.74, 6) is 12.0. The predicted octanol–water partition coefficient (Wildman–Crippen LogP) is 5.04. The molecule has 4 heteroatoms. The van der Waals surface area contributed by atoms with Crippen molar-refractivity contribution >= 4 is 6.09 Å². The average Bonchev–Trinajstić information content (AvgIpc) is 2.71. The minimum Gasteiger partial charge on any atom is -0.467 e. The van der Waals surface area contributed by atoms with Gasteiger partial charge in [0.05, 0.1) is 0 Å². The summed E-state index contributed by atoms with van der Waals surface area (Å²) in [7, 11) is 0. The minimum absolute atomic E-state index is 0.350. The van der Waals surface area contributed by atoms with Crippen LogP contribution in [0.1, 0.15) is 31.9 Å². The van der Waals surface area contributed by atoms with Crippen molar-refractivity contribution < 1.29 is 14.3 Å². The Morgan fingerprint density at radius 3 is 1.66 bits per heavy atom. The van der Waals surface area contributed by atoms with E-state index >= 15 is 0 Å². The van der Waals surface area contributed by atoms with Crippen molar-refractivity contribution in [3.63, 3.8) is 0 Å². The van der Waals surface area contributed by atoms with Crippen LogP contribution in [-0.2, 0) is 9.47 Å². The first-order chi connectivity index (χ1) is 13.9. The second-order valence-corrected chi connectivity index (χ2v) is 7.19. The highest BCUT2D eigenvalue weighted by Crippen LogP contribution is 2.22. The van der Waals surface area contributed by atoms with Crippen molar-refractivity contribution in [1.82, 2.24) is 4.90 Å². The third-order valence-corrected chi connectivity index (χ3v) is 3.63. The van der Waals surface area contributed by atoms with Gasteiger partial charge in [0.1, 0.15) is 29.5 Å². The molecule has 1 amide bonds. The summed E-state index contributed by atoms with van der Waals surface area (Å²) in [6.07, 6.45) is 2.25. The van der Waals surface area contributed by atoms with E-state index in [1.165, 1.54) is 17.4 Å². The third-order valence-electron chi connectivity index (χ3n) is 3.63. The minimum atomic E-state index is -0.661. The molecule has 1 aliphatic rings. The SMILES string of the molecule is CC(C)(C)OC(=O)N1C(C#Cc2ccccc2)=COC=C1C#Cc1ccccc1. The van der Waals surface area contributed by atoms with Gasteiger partial charge in [0, 0.05) is 11.1 Å². The second kappa shape index (κ2) is 8.87. The van der Waals surface area contributed by atoms with E-state index in [-0.39, 0.29) is 0 Å². The van der Waals surface area contributed by atoms with E-state index in [4.69, 9.17) is 9.47 Å². The molecular formula is C25H21NO3. The molecule has 0 unspecified atom stereocenters. The summed E-state index contributed by atoms with van der Waals surface area (Å²) in [6, 6.07) is 19.0. The van der Waals surface area contributed by atoms with Crippen LogP contribution in [0.15, 0.2) is 84.6 Å². The molecule has 29 heavy (non-hydrogen) atoms. The fourth-order valence-corrected chi connectivity index (χ4v) is 2.39. The summed E-state index contributed by atoms with van der Waals surface area (Å²) >= 11 is 0. The first-order valence-electron chi connectivity index (χ1n) is 9.15. The molecule has 2 aromatic carbocycles. The Balaban J connectivity index is 1.93. The van der Waals surface area contributed by atoms with Crippen molar-refractivity contribution in [1.29, 1.82) is 0 Å². The normalized spacial score (nSPS) is 12.9. The smallest absolute Gasteiger partial charge is 0.420 e. The van der Waals surface area contributed by atoms with E-state index in [0.717, 1.165) is 11.1 Å². The van der Waals surface area contributed by atoms with Gasteiger partial charge in [-0.2, -0.15) is 0 Å². The molecule has 0 N–H and O–H groups in total. The van der Waals surface area contributed by atoms with Crippen LogP contribution >= 0.6 is 0 Å². The summed E-state index contributed by atoms with van der Waals surface area (Å²) in [5, 5.41) is 0. The highest BCUT2D eigenvalue weighted by Gasteiger charge is 2.29. The Morgan fingerprint density at radius 2 is 1.24 bits per heavy atom. The molecule has 0 fully saturated rings. The van der Waals surface area contributed by atoms with Gasteiger partial charge in [0.25, 0.3) is 0 Å². The predicted molar refractivity (Wildman–Crippen MR) is 112 cm³/mol. The number of hydrogen-bond acceptors (Lipinski definition) is 3. The third kappa shape index (κ3) is 5.79. The number of allylic oxidation sites excluding steroid dienone is 2. The maximum atomic E-state index is 12.9. The summed E-state index contributed by atoms with van der Waals surface area (Å²) in [4.78, 5) is 14.2. The molecule has 0 spiro atoms. The largest absolute Gasteiger partial charge is 0.467 e. The van der Waals surface area contributed by atoms with Crippen molar-refractivity contribution in [2.75, 3.05) is 0 Å². The number of benzene rings is 2. The lowest BCUT2D eigenvalue weighted by atomic mass is 10.2. The lowest BCUT2D eigenvalue weighted by Crippen LogP contribution is -2.36. The Hall–Kier alpha value is -3.89. The topological polar surface area (TPSA) is 38.8 Å². The Morgan fingerprint density at radius 1 is 0.793 bits per heavy atom. The average molecular weight is 383 g/mol. The molecule has 1 aliphatic heterocycles. The number of ether oxygens (including phenoxy) is 2. The van der Waals surface area contributed by atoms with Gasteiger partial charge in [-0.25, -0.2) is 9.69 Å². The van der Waals surface area contributed by atoms with Gasteiger partial charge in [-0.15, -0.1) is 0 Å². The van der Waals surface area contributed by atoms with Crippen LogP contribution in [0.5, 0.6) is 0 Å². The zero-order valence-corrected chi connectivity index (χ0v) is 16.6. The van der Waals surface area contributed by atoms with Gasteiger partial charge in [0.2, 0.25) is 0 Å². The number of nitrogens with zero attached hydrogens (tertiary/aromatic N) is 1. The lowest BCUT2D eigenvalue weighted by Gasteiger charge is -2.28. The van der Waals surface area contributed by atoms with Gasteiger partial charge in [-0.05, 0) is 56.9 Å². The van der Waals surface area contributed by atoms with E-state index in [2.05, 4.69) is 23.7 Å². The number of carbonyl (C=O) groups is 1. The summed E-state index contributed by atoms with van der Waals surface area (Å²) in [5.41, 5.74) is 1.68. The molecule has 0 aliphatic carbocycles. The number of hydrogen-bond donors (Lipinski definition) is 0. The van der Waals surface area contributed by atoms with Crippen LogP contribution < -0.4 is 0 Å². The molecule has 0 atom stereocenters. The van der Waals surface area contributed by atoms with E-state index in [1.807, 2.05) is 81.4 Å². The standard InChI is InChI=1S/C25H21NO3/c1-25(2,3)29-24(27)26-22(16-14-20-10-6-4-7-11-20)18-28-19-23(26)17-15-21-12-8-5-9-13-21/h4-13,18-19H,1-3H3. The molecule has 0 saturated heterocycles. The highest BCUT2D eigenvalue weighted by atomic mass is 16.6. The van der Waals surface area contributed by atoms with Crippen molar-refractivity contribution in [2.24, 2.45) is 0 Å². The molecule has 4 nitrogen and oxygen atoms in total. The number of carbonyl (C=O) groups excluding carboxylic acids is 1. The van der Waals surface area contributed by atoms with Crippen LogP contribution in [0.4, 0.5) is 4.79 Å². The van der Waals surface area contributed by atoms with E-state index in [1.54, 1.807) is 0 Å². The fraction of sp³-hybridized carbons (Fsp3) is 0.160. The summed E-state index contributed by atoms with van der Waals surface area (Å²) < 4.78 is 11.0. The fourth-order valence-electron chi connectivity index (χ4n) is 2.39.